The van der Waals surface area contributed by atoms with Gasteiger partial charge in [-0.3, -0.25) is 0 Å². The molecular formula is C10H17NS. The molecule has 0 radical (unpaired) electrons. The van der Waals surface area contributed by atoms with Crippen LogP contribution in [0.1, 0.15) is 26.7 Å². The van der Waals surface area contributed by atoms with Crippen molar-refractivity contribution in [1.82, 2.24) is 5.32 Å². The van der Waals surface area contributed by atoms with Crippen molar-refractivity contribution < 1.29 is 0 Å². The lowest BCUT2D eigenvalue weighted by molar-refractivity contribution is 0.522. The molecule has 1 saturated heterocycles. The molecule has 1 N–H and O–H groups in total. The fourth-order valence-electron chi connectivity index (χ4n) is 1.40. The molecule has 0 aromatic heterocycles. The molecule has 0 bridgehead atoms. The van der Waals surface area contributed by atoms with Crippen molar-refractivity contribution in [2.24, 2.45) is 0 Å². The van der Waals surface area contributed by atoms with Crippen LogP contribution in [0.2, 0.25) is 0 Å². The highest BCUT2D eigenvalue weighted by Crippen LogP contribution is 2.36. The molecule has 12 heavy (non-hydrogen) atoms. The van der Waals surface area contributed by atoms with Crippen molar-refractivity contribution >= 4 is 11.8 Å². The van der Waals surface area contributed by atoms with Crippen LogP contribution in [-0.2, 0) is 0 Å². The molecule has 0 aromatic carbocycles. The van der Waals surface area contributed by atoms with E-state index >= 15 is 0 Å². The lowest BCUT2D eigenvalue weighted by atomic mass is 10.1. The van der Waals surface area contributed by atoms with E-state index in [0.717, 1.165) is 6.54 Å². The summed E-state index contributed by atoms with van der Waals surface area (Å²) >= 11 is 2.07. The number of rotatable bonds is 3. The molecule has 0 saturated carbocycles. The van der Waals surface area contributed by atoms with Crippen LogP contribution in [0.3, 0.4) is 0 Å². The maximum Gasteiger partial charge on any atom is 0.0658 e. The van der Waals surface area contributed by atoms with Gasteiger partial charge in [-0.15, -0.1) is 6.42 Å². The van der Waals surface area contributed by atoms with Gasteiger partial charge in [0.05, 0.1) is 6.04 Å². The lowest BCUT2D eigenvalue weighted by Crippen LogP contribution is -2.37. The van der Waals surface area contributed by atoms with Gasteiger partial charge in [0.2, 0.25) is 0 Å². The average Bonchev–Trinajstić information content (AvgIpc) is 2.49. The van der Waals surface area contributed by atoms with Gasteiger partial charge in [0.1, 0.15) is 0 Å². The summed E-state index contributed by atoms with van der Waals surface area (Å²) in [7, 11) is 0. The normalized spacial score (nSPS) is 31.4. The standard InChI is InChI=1S/C10H17NS/c1-4-9(2)11-8-10(3)6-5-7-12-10/h1,9,11H,5-8H2,2-3H3. The smallest absolute Gasteiger partial charge is 0.0658 e. The number of hydrogen-bond acceptors (Lipinski definition) is 2. The monoisotopic (exact) mass is 183 g/mol. The van der Waals surface area contributed by atoms with E-state index in [2.05, 4.69) is 29.9 Å². The molecule has 2 heteroatoms. The fourth-order valence-corrected chi connectivity index (χ4v) is 2.66. The Morgan fingerprint density at radius 3 is 3.00 bits per heavy atom. The van der Waals surface area contributed by atoms with Crippen molar-refractivity contribution in [2.45, 2.75) is 37.5 Å². The minimum absolute atomic E-state index is 0.211. The van der Waals surface area contributed by atoms with Gasteiger partial charge in [0.25, 0.3) is 0 Å². The van der Waals surface area contributed by atoms with Crippen molar-refractivity contribution in [3.05, 3.63) is 0 Å². The topological polar surface area (TPSA) is 12.0 Å². The first-order chi connectivity index (χ1) is 5.66. The SMILES string of the molecule is C#CC(C)NCC1(C)CCCS1. The summed E-state index contributed by atoms with van der Waals surface area (Å²) < 4.78 is 0.436. The molecule has 0 aromatic rings. The third kappa shape index (κ3) is 2.73. The third-order valence-corrected chi connectivity index (χ3v) is 3.87. The van der Waals surface area contributed by atoms with Crippen LogP contribution in [-0.4, -0.2) is 23.1 Å². The summed E-state index contributed by atoms with van der Waals surface area (Å²) in [5.41, 5.74) is 0. The second-order valence-electron chi connectivity index (χ2n) is 3.67. The van der Waals surface area contributed by atoms with E-state index in [1.807, 2.05) is 6.92 Å². The second kappa shape index (κ2) is 4.20. The summed E-state index contributed by atoms with van der Waals surface area (Å²) in [4.78, 5) is 0. The molecule has 1 nitrogen and oxygen atoms in total. The van der Waals surface area contributed by atoms with Gasteiger partial charge in [-0.05, 0) is 32.4 Å². The number of thioether (sulfide) groups is 1. The van der Waals surface area contributed by atoms with Crippen LogP contribution in [0, 0.1) is 12.3 Å². The Kier molecular flexibility index (Phi) is 3.49. The Balaban J connectivity index is 2.26. The van der Waals surface area contributed by atoms with E-state index < -0.39 is 0 Å². The predicted molar refractivity (Wildman–Crippen MR) is 56.4 cm³/mol. The van der Waals surface area contributed by atoms with E-state index in [1.165, 1.54) is 18.6 Å². The summed E-state index contributed by atoms with van der Waals surface area (Å²) in [6.07, 6.45) is 7.96. The van der Waals surface area contributed by atoms with Crippen molar-refractivity contribution in [1.29, 1.82) is 0 Å². The molecule has 0 spiro atoms. The van der Waals surface area contributed by atoms with Gasteiger partial charge in [-0.1, -0.05) is 5.92 Å². The first-order valence-electron chi connectivity index (χ1n) is 4.50. The van der Waals surface area contributed by atoms with Gasteiger partial charge in [0.15, 0.2) is 0 Å². The van der Waals surface area contributed by atoms with Gasteiger partial charge >= 0.3 is 0 Å². The van der Waals surface area contributed by atoms with Gasteiger partial charge in [-0.2, -0.15) is 11.8 Å². The molecule has 1 aliphatic rings. The molecule has 0 amide bonds. The molecule has 1 rings (SSSR count). The average molecular weight is 183 g/mol. The number of terminal acetylenes is 1. The van der Waals surface area contributed by atoms with Crippen LogP contribution >= 0.6 is 11.8 Å². The van der Waals surface area contributed by atoms with Crippen molar-refractivity contribution in [3.8, 4) is 12.3 Å². The highest BCUT2D eigenvalue weighted by molar-refractivity contribution is 8.00. The Morgan fingerprint density at radius 1 is 1.75 bits per heavy atom. The van der Waals surface area contributed by atoms with Crippen LogP contribution in [0.15, 0.2) is 0 Å². The Labute approximate surface area is 79.7 Å². The van der Waals surface area contributed by atoms with E-state index in [0.29, 0.717) is 4.75 Å². The molecule has 2 atom stereocenters. The van der Waals surface area contributed by atoms with Crippen LogP contribution in [0.25, 0.3) is 0 Å². The zero-order chi connectivity index (χ0) is 9.03. The number of nitrogens with one attached hydrogen (secondary N) is 1. The van der Waals surface area contributed by atoms with Crippen molar-refractivity contribution in [3.63, 3.8) is 0 Å². The van der Waals surface area contributed by atoms with E-state index in [-0.39, 0.29) is 6.04 Å². The summed E-state index contributed by atoms with van der Waals surface area (Å²) in [6.45, 7) is 5.40. The highest BCUT2D eigenvalue weighted by Gasteiger charge is 2.29. The molecule has 2 unspecified atom stereocenters. The summed E-state index contributed by atoms with van der Waals surface area (Å²) in [5, 5.41) is 3.36. The van der Waals surface area contributed by atoms with Gasteiger partial charge in [-0.25, -0.2) is 0 Å². The zero-order valence-corrected chi connectivity index (χ0v) is 8.71. The number of hydrogen-bond donors (Lipinski definition) is 1. The van der Waals surface area contributed by atoms with E-state index in [4.69, 9.17) is 6.42 Å². The molecule has 1 aliphatic heterocycles. The van der Waals surface area contributed by atoms with E-state index in [9.17, 15) is 0 Å². The first-order valence-corrected chi connectivity index (χ1v) is 5.48. The third-order valence-electron chi connectivity index (χ3n) is 2.33. The molecule has 68 valence electrons. The predicted octanol–water partition coefficient (Wildman–Crippen LogP) is 1.88. The van der Waals surface area contributed by atoms with Gasteiger partial charge < -0.3 is 5.32 Å². The quantitative estimate of drug-likeness (QED) is 0.671. The minimum atomic E-state index is 0.211. The molecule has 1 heterocycles. The summed E-state index contributed by atoms with van der Waals surface area (Å²) in [6, 6.07) is 0.211. The Morgan fingerprint density at radius 2 is 2.50 bits per heavy atom. The Bertz CT molecular complexity index is 177. The molecule has 1 fully saturated rings. The minimum Gasteiger partial charge on any atom is -0.303 e. The lowest BCUT2D eigenvalue weighted by Gasteiger charge is -2.24. The highest BCUT2D eigenvalue weighted by atomic mass is 32.2. The van der Waals surface area contributed by atoms with Crippen LogP contribution in [0.4, 0.5) is 0 Å². The van der Waals surface area contributed by atoms with Crippen molar-refractivity contribution in [2.75, 3.05) is 12.3 Å². The van der Waals surface area contributed by atoms with Gasteiger partial charge in [0, 0.05) is 11.3 Å². The second-order valence-corrected chi connectivity index (χ2v) is 5.35. The zero-order valence-electron chi connectivity index (χ0n) is 7.89. The van der Waals surface area contributed by atoms with Crippen LogP contribution in [0.5, 0.6) is 0 Å². The maximum atomic E-state index is 5.28. The Hall–Kier alpha value is -0.130. The van der Waals surface area contributed by atoms with Crippen LogP contribution < -0.4 is 5.32 Å². The largest absolute Gasteiger partial charge is 0.303 e. The molecule has 0 aliphatic carbocycles. The van der Waals surface area contributed by atoms with E-state index in [1.54, 1.807) is 0 Å². The first kappa shape index (κ1) is 9.95. The maximum absolute atomic E-state index is 5.28. The molecular weight excluding hydrogens is 166 g/mol. The summed E-state index contributed by atoms with van der Waals surface area (Å²) in [5.74, 6) is 3.99. The fraction of sp³-hybridized carbons (Fsp3) is 0.800.